The molecular formula is C7H9BrN2O. The van der Waals surface area contributed by atoms with Crippen molar-refractivity contribution < 1.29 is 4.84 Å². The van der Waals surface area contributed by atoms with Gasteiger partial charge in [0.15, 0.2) is 0 Å². The minimum absolute atomic E-state index is 0.531. The Balaban J connectivity index is 2.52. The summed E-state index contributed by atoms with van der Waals surface area (Å²) in [4.78, 5) is 8.49. The average Bonchev–Trinajstić information content (AvgIpc) is 2.04. The van der Waals surface area contributed by atoms with E-state index in [0.29, 0.717) is 6.61 Å². The van der Waals surface area contributed by atoms with Crippen molar-refractivity contribution in [3.05, 3.63) is 28.5 Å². The Bertz CT molecular complexity index is 212. The largest absolute Gasteiger partial charge is 0.304 e. The molecule has 0 aliphatic heterocycles. The topological polar surface area (TPSA) is 48.1 Å². The van der Waals surface area contributed by atoms with Crippen molar-refractivity contribution in [2.75, 3.05) is 6.61 Å². The number of nitrogens with zero attached hydrogens (tertiary/aromatic N) is 1. The molecule has 11 heavy (non-hydrogen) atoms. The predicted molar refractivity (Wildman–Crippen MR) is 45.8 cm³/mol. The number of aromatic nitrogens is 1. The zero-order chi connectivity index (χ0) is 8.10. The second kappa shape index (κ2) is 4.43. The van der Waals surface area contributed by atoms with Crippen molar-refractivity contribution in [3.8, 4) is 0 Å². The van der Waals surface area contributed by atoms with E-state index < -0.39 is 0 Å². The van der Waals surface area contributed by atoms with Gasteiger partial charge in [0.25, 0.3) is 0 Å². The molecule has 0 aromatic carbocycles. The molecule has 2 N–H and O–H groups in total. The molecule has 0 fully saturated rings. The molecule has 0 unspecified atom stereocenters. The molecule has 1 aromatic heterocycles. The van der Waals surface area contributed by atoms with Crippen LogP contribution in [-0.4, -0.2) is 11.6 Å². The molecule has 60 valence electrons. The molecule has 1 heterocycles. The van der Waals surface area contributed by atoms with Crippen molar-refractivity contribution in [2.24, 2.45) is 5.90 Å². The standard InChI is InChI=1S/C7H9BrN2O/c8-7-2-1-6(5-10-7)3-4-11-9/h1-2,5H,3-4,9H2. The van der Waals surface area contributed by atoms with Gasteiger partial charge in [0, 0.05) is 6.20 Å². The summed E-state index contributed by atoms with van der Waals surface area (Å²) < 4.78 is 0.843. The fourth-order valence-corrected chi connectivity index (χ4v) is 0.966. The minimum Gasteiger partial charge on any atom is -0.304 e. The van der Waals surface area contributed by atoms with Crippen LogP contribution >= 0.6 is 15.9 Å². The SMILES string of the molecule is NOCCc1ccc(Br)nc1. The van der Waals surface area contributed by atoms with Crippen LogP contribution < -0.4 is 5.90 Å². The van der Waals surface area contributed by atoms with Crippen LogP contribution in [0.25, 0.3) is 0 Å². The van der Waals surface area contributed by atoms with Crippen molar-refractivity contribution in [3.63, 3.8) is 0 Å². The first-order chi connectivity index (χ1) is 5.33. The van der Waals surface area contributed by atoms with Crippen molar-refractivity contribution >= 4 is 15.9 Å². The van der Waals surface area contributed by atoms with Gasteiger partial charge in [-0.15, -0.1) is 0 Å². The summed E-state index contributed by atoms with van der Waals surface area (Å²) in [7, 11) is 0. The number of hydrogen-bond acceptors (Lipinski definition) is 3. The van der Waals surface area contributed by atoms with Gasteiger partial charge in [-0.05, 0) is 34.0 Å². The molecule has 4 heteroatoms. The highest BCUT2D eigenvalue weighted by Gasteiger charge is 1.92. The van der Waals surface area contributed by atoms with Gasteiger partial charge < -0.3 is 4.84 Å². The van der Waals surface area contributed by atoms with E-state index in [2.05, 4.69) is 25.8 Å². The number of nitrogens with two attached hydrogens (primary N) is 1. The first kappa shape index (κ1) is 8.64. The summed E-state index contributed by atoms with van der Waals surface area (Å²) in [5.41, 5.74) is 1.12. The van der Waals surface area contributed by atoms with Crippen molar-refractivity contribution in [1.82, 2.24) is 4.98 Å². The normalized spacial score (nSPS) is 10.0. The summed E-state index contributed by atoms with van der Waals surface area (Å²) in [6.07, 6.45) is 2.60. The van der Waals surface area contributed by atoms with Gasteiger partial charge in [-0.2, -0.15) is 0 Å². The van der Waals surface area contributed by atoms with E-state index in [0.717, 1.165) is 16.6 Å². The van der Waals surface area contributed by atoms with Crippen LogP contribution in [0.1, 0.15) is 5.56 Å². The Morgan fingerprint density at radius 3 is 2.91 bits per heavy atom. The van der Waals surface area contributed by atoms with E-state index >= 15 is 0 Å². The highest BCUT2D eigenvalue weighted by Crippen LogP contribution is 2.06. The number of rotatable bonds is 3. The molecule has 1 rings (SSSR count). The molecule has 0 amide bonds. The van der Waals surface area contributed by atoms with E-state index in [1.807, 2.05) is 12.1 Å². The maximum absolute atomic E-state index is 4.88. The summed E-state index contributed by atoms with van der Waals surface area (Å²) in [5.74, 6) is 4.88. The molecule has 0 aliphatic rings. The van der Waals surface area contributed by atoms with E-state index in [1.165, 1.54) is 0 Å². The zero-order valence-electron chi connectivity index (χ0n) is 5.96. The van der Waals surface area contributed by atoms with Gasteiger partial charge >= 0.3 is 0 Å². The Kier molecular flexibility index (Phi) is 3.48. The van der Waals surface area contributed by atoms with Crippen LogP contribution in [-0.2, 0) is 11.3 Å². The second-order valence-electron chi connectivity index (χ2n) is 2.11. The van der Waals surface area contributed by atoms with Crippen LogP contribution in [0.2, 0.25) is 0 Å². The van der Waals surface area contributed by atoms with Crippen LogP contribution in [0.5, 0.6) is 0 Å². The van der Waals surface area contributed by atoms with Crippen molar-refractivity contribution in [2.45, 2.75) is 6.42 Å². The molecule has 3 nitrogen and oxygen atoms in total. The van der Waals surface area contributed by atoms with Gasteiger partial charge in [-0.1, -0.05) is 6.07 Å². The third kappa shape index (κ3) is 2.96. The quantitative estimate of drug-likeness (QED) is 0.612. The third-order valence-corrected chi connectivity index (χ3v) is 1.77. The molecule has 0 atom stereocenters. The fraction of sp³-hybridized carbons (Fsp3) is 0.286. The average molecular weight is 217 g/mol. The van der Waals surface area contributed by atoms with Crippen LogP contribution in [0.3, 0.4) is 0 Å². The molecule has 0 bridgehead atoms. The lowest BCUT2D eigenvalue weighted by atomic mass is 10.2. The van der Waals surface area contributed by atoms with E-state index in [4.69, 9.17) is 5.90 Å². The molecular weight excluding hydrogens is 208 g/mol. The molecule has 1 aromatic rings. The summed E-state index contributed by atoms with van der Waals surface area (Å²) in [6, 6.07) is 3.88. The summed E-state index contributed by atoms with van der Waals surface area (Å²) >= 11 is 3.25. The van der Waals surface area contributed by atoms with Crippen LogP contribution in [0.4, 0.5) is 0 Å². The molecule has 0 spiro atoms. The lowest BCUT2D eigenvalue weighted by Gasteiger charge is -1.97. The molecule has 0 saturated heterocycles. The highest BCUT2D eigenvalue weighted by atomic mass is 79.9. The van der Waals surface area contributed by atoms with Gasteiger partial charge in [-0.3, -0.25) is 0 Å². The fourth-order valence-electron chi connectivity index (χ4n) is 0.731. The number of halogens is 1. The van der Waals surface area contributed by atoms with Gasteiger partial charge in [0.1, 0.15) is 4.60 Å². The number of pyridine rings is 1. The summed E-state index contributed by atoms with van der Waals surface area (Å²) in [6.45, 7) is 0.531. The van der Waals surface area contributed by atoms with E-state index in [1.54, 1.807) is 6.20 Å². The smallest absolute Gasteiger partial charge is 0.106 e. The minimum atomic E-state index is 0.531. The highest BCUT2D eigenvalue weighted by molar-refractivity contribution is 9.10. The predicted octanol–water partition coefficient (Wildman–Crippen LogP) is 1.28. The summed E-state index contributed by atoms with van der Waals surface area (Å²) in [5, 5.41) is 0. The third-order valence-electron chi connectivity index (χ3n) is 1.30. The van der Waals surface area contributed by atoms with Gasteiger partial charge in [0.05, 0.1) is 6.61 Å². The Labute approximate surface area is 73.7 Å². The number of hydrogen-bond donors (Lipinski definition) is 1. The first-order valence-corrected chi connectivity index (χ1v) is 4.04. The zero-order valence-corrected chi connectivity index (χ0v) is 7.54. The molecule has 0 radical (unpaired) electrons. The van der Waals surface area contributed by atoms with Crippen molar-refractivity contribution in [1.29, 1.82) is 0 Å². The first-order valence-electron chi connectivity index (χ1n) is 3.25. The Hall–Kier alpha value is -0.450. The van der Waals surface area contributed by atoms with E-state index in [-0.39, 0.29) is 0 Å². The lowest BCUT2D eigenvalue weighted by Crippen LogP contribution is -2.03. The maximum Gasteiger partial charge on any atom is 0.106 e. The maximum atomic E-state index is 4.88. The molecule has 0 saturated carbocycles. The lowest BCUT2D eigenvalue weighted by molar-refractivity contribution is 0.141. The van der Waals surface area contributed by atoms with Gasteiger partial charge in [0.2, 0.25) is 0 Å². The van der Waals surface area contributed by atoms with Gasteiger partial charge in [-0.25, -0.2) is 10.9 Å². The Morgan fingerprint density at radius 2 is 2.36 bits per heavy atom. The second-order valence-corrected chi connectivity index (χ2v) is 2.92. The van der Waals surface area contributed by atoms with Crippen LogP contribution in [0, 0.1) is 0 Å². The monoisotopic (exact) mass is 216 g/mol. The Morgan fingerprint density at radius 1 is 1.55 bits per heavy atom. The van der Waals surface area contributed by atoms with Crippen LogP contribution in [0.15, 0.2) is 22.9 Å². The molecule has 0 aliphatic carbocycles. The van der Waals surface area contributed by atoms with E-state index in [9.17, 15) is 0 Å².